The Bertz CT molecular complexity index is 329. The summed E-state index contributed by atoms with van der Waals surface area (Å²) in [5, 5.41) is 0. The van der Waals surface area contributed by atoms with E-state index in [-0.39, 0.29) is 6.04 Å². The van der Waals surface area contributed by atoms with Crippen molar-refractivity contribution in [1.29, 1.82) is 0 Å². The molecule has 1 aromatic rings. The third-order valence-corrected chi connectivity index (χ3v) is 3.27. The van der Waals surface area contributed by atoms with Gasteiger partial charge in [0.15, 0.2) is 0 Å². The van der Waals surface area contributed by atoms with Crippen LogP contribution in [0, 0.1) is 0 Å². The molecule has 0 aliphatic heterocycles. The molecule has 3 nitrogen and oxygen atoms in total. The van der Waals surface area contributed by atoms with Gasteiger partial charge in [-0.25, -0.2) is 0 Å². The normalized spacial score (nSPS) is 12.2. The molecule has 1 rings (SSSR count). The van der Waals surface area contributed by atoms with Gasteiger partial charge >= 0.3 is 0 Å². The highest BCUT2D eigenvalue weighted by atomic mass is 32.2. The Kier molecular flexibility index (Phi) is 5.49. The first-order valence-electron chi connectivity index (χ1n) is 5.27. The molecule has 0 heterocycles. The summed E-state index contributed by atoms with van der Waals surface area (Å²) in [6.07, 6.45) is 0.991. The predicted molar refractivity (Wildman–Crippen MR) is 68.5 cm³/mol. The lowest BCUT2D eigenvalue weighted by Gasteiger charge is -2.10. The molecule has 1 atom stereocenters. The van der Waals surface area contributed by atoms with Crippen LogP contribution in [0.4, 0.5) is 0 Å². The average molecular weight is 241 g/mol. The minimum Gasteiger partial charge on any atom is -0.497 e. The maximum atomic E-state index is 5.71. The molecule has 0 aliphatic carbocycles. The van der Waals surface area contributed by atoms with Gasteiger partial charge in [0.2, 0.25) is 0 Å². The van der Waals surface area contributed by atoms with E-state index in [9.17, 15) is 0 Å². The summed E-state index contributed by atoms with van der Waals surface area (Å²) in [5.74, 6) is 2.72. The quantitative estimate of drug-likeness (QED) is 0.777. The Morgan fingerprint density at radius 2 is 2.06 bits per heavy atom. The van der Waals surface area contributed by atoms with E-state index < -0.39 is 0 Å². The summed E-state index contributed by atoms with van der Waals surface area (Å²) in [5.41, 5.74) is 5.71. The zero-order chi connectivity index (χ0) is 12.0. The highest BCUT2D eigenvalue weighted by Gasteiger charge is 2.06. The molecular weight excluding hydrogens is 222 g/mol. The zero-order valence-electron chi connectivity index (χ0n) is 10.0. The summed E-state index contributed by atoms with van der Waals surface area (Å²) in [6, 6.07) is 6.05. The van der Waals surface area contributed by atoms with Crippen molar-refractivity contribution in [2.45, 2.75) is 24.3 Å². The lowest BCUT2D eigenvalue weighted by atomic mass is 10.3. The van der Waals surface area contributed by atoms with Crippen LogP contribution in [-0.4, -0.2) is 26.0 Å². The highest BCUT2D eigenvalue weighted by Crippen LogP contribution is 2.33. The van der Waals surface area contributed by atoms with E-state index in [1.54, 1.807) is 26.0 Å². The van der Waals surface area contributed by atoms with Crippen molar-refractivity contribution < 1.29 is 9.47 Å². The van der Waals surface area contributed by atoms with Gasteiger partial charge in [-0.05, 0) is 37.3 Å². The second-order valence-electron chi connectivity index (χ2n) is 3.63. The molecule has 0 aliphatic rings. The molecule has 0 bridgehead atoms. The van der Waals surface area contributed by atoms with Gasteiger partial charge in [0.25, 0.3) is 0 Å². The van der Waals surface area contributed by atoms with Crippen LogP contribution in [0.25, 0.3) is 0 Å². The fourth-order valence-corrected chi connectivity index (χ4v) is 2.45. The van der Waals surface area contributed by atoms with Crippen molar-refractivity contribution in [1.82, 2.24) is 0 Å². The molecule has 0 radical (unpaired) electrons. The molecule has 0 amide bonds. The predicted octanol–water partition coefficient (Wildman–Crippen LogP) is 2.53. The van der Waals surface area contributed by atoms with Crippen molar-refractivity contribution in [3.8, 4) is 11.5 Å². The Morgan fingerprint density at radius 1 is 1.31 bits per heavy atom. The van der Waals surface area contributed by atoms with E-state index in [0.717, 1.165) is 28.6 Å². The van der Waals surface area contributed by atoms with Gasteiger partial charge in [-0.2, -0.15) is 0 Å². The number of hydrogen-bond donors (Lipinski definition) is 1. The molecule has 0 saturated heterocycles. The van der Waals surface area contributed by atoms with Gasteiger partial charge in [-0.3, -0.25) is 0 Å². The first-order chi connectivity index (χ1) is 7.67. The van der Waals surface area contributed by atoms with Crippen LogP contribution in [0.5, 0.6) is 11.5 Å². The molecule has 0 spiro atoms. The van der Waals surface area contributed by atoms with Crippen LogP contribution < -0.4 is 15.2 Å². The van der Waals surface area contributed by atoms with Crippen molar-refractivity contribution in [2.75, 3.05) is 20.0 Å². The Labute approximate surface area is 101 Å². The van der Waals surface area contributed by atoms with Crippen molar-refractivity contribution in [3.63, 3.8) is 0 Å². The Balaban J connectivity index is 2.67. The van der Waals surface area contributed by atoms with Crippen molar-refractivity contribution >= 4 is 11.8 Å². The van der Waals surface area contributed by atoms with E-state index in [2.05, 4.69) is 0 Å². The number of methoxy groups -OCH3 is 2. The summed E-state index contributed by atoms with van der Waals surface area (Å²) < 4.78 is 10.5. The third kappa shape index (κ3) is 3.94. The van der Waals surface area contributed by atoms with Gasteiger partial charge in [0.1, 0.15) is 11.5 Å². The maximum Gasteiger partial charge on any atom is 0.132 e. The van der Waals surface area contributed by atoms with E-state index in [1.807, 2.05) is 25.1 Å². The molecule has 16 heavy (non-hydrogen) atoms. The van der Waals surface area contributed by atoms with Crippen LogP contribution in [0.2, 0.25) is 0 Å². The van der Waals surface area contributed by atoms with Crippen LogP contribution >= 0.6 is 11.8 Å². The van der Waals surface area contributed by atoms with Crippen LogP contribution in [-0.2, 0) is 0 Å². The van der Waals surface area contributed by atoms with E-state index >= 15 is 0 Å². The maximum absolute atomic E-state index is 5.71. The third-order valence-electron chi connectivity index (χ3n) is 2.20. The van der Waals surface area contributed by atoms with Gasteiger partial charge in [0.05, 0.1) is 19.1 Å². The van der Waals surface area contributed by atoms with E-state index in [1.165, 1.54) is 0 Å². The fourth-order valence-electron chi connectivity index (χ4n) is 1.25. The number of thioether (sulfide) groups is 1. The molecule has 1 aromatic carbocycles. The molecule has 0 aromatic heterocycles. The molecule has 2 N–H and O–H groups in total. The standard InChI is InChI=1S/C12H19NO2S/c1-9(13)6-7-16-12-8-10(14-2)4-5-11(12)15-3/h4-5,8-9H,6-7,13H2,1-3H3. The summed E-state index contributed by atoms with van der Waals surface area (Å²) in [6.45, 7) is 2.02. The Morgan fingerprint density at radius 3 is 2.62 bits per heavy atom. The number of nitrogens with two attached hydrogens (primary N) is 1. The van der Waals surface area contributed by atoms with Gasteiger partial charge in [-0.1, -0.05) is 0 Å². The summed E-state index contributed by atoms with van der Waals surface area (Å²) in [4.78, 5) is 1.10. The minimum atomic E-state index is 0.240. The second kappa shape index (κ2) is 6.66. The fraction of sp³-hybridized carbons (Fsp3) is 0.500. The second-order valence-corrected chi connectivity index (χ2v) is 4.77. The van der Waals surface area contributed by atoms with Crippen LogP contribution in [0.15, 0.2) is 23.1 Å². The SMILES string of the molecule is COc1ccc(OC)c(SCCC(C)N)c1. The van der Waals surface area contributed by atoms with E-state index in [0.29, 0.717) is 0 Å². The largest absolute Gasteiger partial charge is 0.497 e. The minimum absolute atomic E-state index is 0.240. The molecule has 90 valence electrons. The average Bonchev–Trinajstić information content (AvgIpc) is 2.28. The topological polar surface area (TPSA) is 44.5 Å². The molecule has 1 unspecified atom stereocenters. The zero-order valence-corrected chi connectivity index (χ0v) is 10.8. The molecule has 0 fully saturated rings. The first-order valence-corrected chi connectivity index (χ1v) is 6.26. The first kappa shape index (κ1) is 13.2. The molecule has 4 heteroatoms. The number of rotatable bonds is 6. The smallest absolute Gasteiger partial charge is 0.132 e. The van der Waals surface area contributed by atoms with Gasteiger partial charge in [-0.15, -0.1) is 11.8 Å². The number of benzene rings is 1. The van der Waals surface area contributed by atoms with Crippen molar-refractivity contribution in [2.24, 2.45) is 5.73 Å². The lowest BCUT2D eigenvalue weighted by Crippen LogP contribution is -2.15. The van der Waals surface area contributed by atoms with Crippen molar-refractivity contribution in [3.05, 3.63) is 18.2 Å². The van der Waals surface area contributed by atoms with Crippen LogP contribution in [0.1, 0.15) is 13.3 Å². The molecule has 0 saturated carbocycles. The molecular formula is C12H19NO2S. The monoisotopic (exact) mass is 241 g/mol. The van der Waals surface area contributed by atoms with Crippen LogP contribution in [0.3, 0.4) is 0 Å². The number of ether oxygens (including phenoxy) is 2. The number of hydrogen-bond acceptors (Lipinski definition) is 4. The summed E-state index contributed by atoms with van der Waals surface area (Å²) in [7, 11) is 3.34. The van der Waals surface area contributed by atoms with Gasteiger partial charge in [0, 0.05) is 6.04 Å². The summed E-state index contributed by atoms with van der Waals surface area (Å²) >= 11 is 1.74. The van der Waals surface area contributed by atoms with E-state index in [4.69, 9.17) is 15.2 Å². The highest BCUT2D eigenvalue weighted by molar-refractivity contribution is 7.99. The lowest BCUT2D eigenvalue weighted by molar-refractivity contribution is 0.394. The van der Waals surface area contributed by atoms with Gasteiger partial charge < -0.3 is 15.2 Å². The Hall–Kier alpha value is -0.870.